The van der Waals surface area contributed by atoms with Crippen molar-refractivity contribution in [3.05, 3.63) is 30.3 Å². The van der Waals surface area contributed by atoms with Crippen molar-refractivity contribution in [2.75, 3.05) is 18.9 Å². The first-order valence-electron chi connectivity index (χ1n) is 11.8. The number of nitrogens with two attached hydrogens (primary N) is 1. The molecular formula is C25H26N4O4S. The van der Waals surface area contributed by atoms with Gasteiger partial charge >= 0.3 is 5.97 Å². The molecule has 176 valence electrons. The number of carbonyl (C=O) groups excluding carboxylic acids is 1. The van der Waals surface area contributed by atoms with Gasteiger partial charge in [-0.15, -0.1) is 0 Å². The zero-order chi connectivity index (χ0) is 23.2. The van der Waals surface area contributed by atoms with Gasteiger partial charge in [0.15, 0.2) is 11.2 Å². The quantitative estimate of drug-likeness (QED) is 0.398. The van der Waals surface area contributed by atoms with Crippen LogP contribution >= 0.6 is 11.3 Å². The van der Waals surface area contributed by atoms with Crippen molar-refractivity contribution in [2.45, 2.75) is 45.3 Å². The highest BCUT2D eigenvalue weighted by molar-refractivity contribution is 7.22. The van der Waals surface area contributed by atoms with Gasteiger partial charge in [-0.3, -0.25) is 0 Å². The first kappa shape index (κ1) is 21.2. The largest absolute Gasteiger partial charge is 0.491 e. The van der Waals surface area contributed by atoms with Crippen LogP contribution in [0, 0.1) is 5.92 Å². The summed E-state index contributed by atoms with van der Waals surface area (Å²) >= 11 is 1.47. The molecule has 2 aromatic heterocycles. The van der Waals surface area contributed by atoms with Crippen molar-refractivity contribution < 1.29 is 19.0 Å². The number of imidazole rings is 1. The molecule has 34 heavy (non-hydrogen) atoms. The number of aromatic nitrogens is 3. The fraction of sp³-hybridized carbons (Fsp3) is 0.400. The highest BCUT2D eigenvalue weighted by Gasteiger charge is 2.39. The third-order valence-electron chi connectivity index (χ3n) is 6.31. The van der Waals surface area contributed by atoms with Gasteiger partial charge in [0.2, 0.25) is 0 Å². The van der Waals surface area contributed by atoms with E-state index in [9.17, 15) is 4.79 Å². The summed E-state index contributed by atoms with van der Waals surface area (Å²) < 4.78 is 20.9. The molecule has 0 amide bonds. The molecule has 0 saturated heterocycles. The van der Waals surface area contributed by atoms with Crippen molar-refractivity contribution in [3.63, 3.8) is 0 Å². The van der Waals surface area contributed by atoms with Crippen LogP contribution < -0.4 is 15.2 Å². The summed E-state index contributed by atoms with van der Waals surface area (Å²) in [5.41, 5.74) is 9.53. The maximum absolute atomic E-state index is 12.5. The molecule has 1 saturated carbocycles. The number of benzene rings is 2. The van der Waals surface area contributed by atoms with Crippen LogP contribution in [0.3, 0.4) is 0 Å². The first-order valence-corrected chi connectivity index (χ1v) is 12.6. The second-order valence-electron chi connectivity index (χ2n) is 8.79. The number of fused-ring (bicyclic) bond motifs is 1. The van der Waals surface area contributed by atoms with Gasteiger partial charge in [0, 0.05) is 30.2 Å². The van der Waals surface area contributed by atoms with Crippen molar-refractivity contribution in [1.29, 1.82) is 0 Å². The Kier molecular flexibility index (Phi) is 5.28. The smallest absolute Gasteiger partial charge is 0.347 e. The Hall–Kier alpha value is -3.33. The second kappa shape index (κ2) is 8.47. The molecule has 0 spiro atoms. The Morgan fingerprint density at radius 3 is 2.94 bits per heavy atom. The molecule has 6 rings (SSSR count). The molecule has 1 unspecified atom stereocenters. The Morgan fingerprint density at radius 1 is 1.24 bits per heavy atom. The molecule has 1 atom stereocenters. The third-order valence-corrected chi connectivity index (χ3v) is 7.16. The van der Waals surface area contributed by atoms with Gasteiger partial charge in [-0.25, -0.2) is 14.8 Å². The summed E-state index contributed by atoms with van der Waals surface area (Å²) in [6, 6.07) is 9.90. The lowest BCUT2D eigenvalue weighted by molar-refractivity contribution is -0.152. The number of nitrogen functional groups attached to an aromatic ring is 1. The average molecular weight is 479 g/mol. The minimum Gasteiger partial charge on any atom is -0.491 e. The van der Waals surface area contributed by atoms with Crippen LogP contribution in [0.25, 0.3) is 32.6 Å². The number of thiazole rings is 1. The van der Waals surface area contributed by atoms with Gasteiger partial charge in [0.25, 0.3) is 0 Å². The second-order valence-corrected chi connectivity index (χ2v) is 9.86. The lowest BCUT2D eigenvalue weighted by atomic mass is 10.2. The van der Waals surface area contributed by atoms with Gasteiger partial charge in [0.05, 0.1) is 28.9 Å². The standard InChI is InChI=1S/C25H26N4O4S/c1-2-31-24(30)22(14-5-6-14)33-16-12-18-21-19(13-16)32-10-4-3-9-29(21)23(27-18)15-7-8-17-20(11-15)34-25(26)28-17/h7-8,11-14,22H,2-6,9-10H2,1H3,(H2,26,28). The predicted octanol–water partition coefficient (Wildman–Crippen LogP) is 4.79. The molecule has 2 aliphatic rings. The fourth-order valence-electron chi connectivity index (χ4n) is 4.56. The molecule has 1 aliphatic carbocycles. The Bertz CT molecular complexity index is 1390. The van der Waals surface area contributed by atoms with Crippen LogP contribution in [0.2, 0.25) is 0 Å². The van der Waals surface area contributed by atoms with Gasteiger partial charge in [-0.2, -0.15) is 0 Å². The number of esters is 1. The lowest BCUT2D eigenvalue weighted by Gasteiger charge is -2.19. The number of ether oxygens (including phenoxy) is 3. The fourth-order valence-corrected chi connectivity index (χ4v) is 5.34. The Balaban J connectivity index is 1.45. The minimum atomic E-state index is -0.598. The SMILES string of the molecule is CCOC(=O)C(Oc1cc2c3c(c1)nc(-c1ccc4nc(N)sc4c1)n3CCCCO2)C1CC1. The van der Waals surface area contributed by atoms with Gasteiger partial charge in [0.1, 0.15) is 22.8 Å². The molecule has 4 aromatic rings. The number of rotatable bonds is 6. The van der Waals surface area contributed by atoms with Crippen LogP contribution in [-0.2, 0) is 16.1 Å². The molecule has 8 nitrogen and oxygen atoms in total. The zero-order valence-electron chi connectivity index (χ0n) is 19.0. The minimum absolute atomic E-state index is 0.199. The molecule has 0 radical (unpaired) electrons. The van der Waals surface area contributed by atoms with E-state index >= 15 is 0 Å². The predicted molar refractivity (Wildman–Crippen MR) is 131 cm³/mol. The normalized spacial score (nSPS) is 16.6. The third kappa shape index (κ3) is 3.83. The number of hydrogen-bond donors (Lipinski definition) is 1. The first-order chi connectivity index (χ1) is 16.6. The van der Waals surface area contributed by atoms with E-state index in [0.29, 0.717) is 24.1 Å². The van der Waals surface area contributed by atoms with E-state index < -0.39 is 6.10 Å². The highest BCUT2D eigenvalue weighted by Crippen LogP contribution is 2.40. The van der Waals surface area contributed by atoms with Crippen molar-refractivity contribution in [3.8, 4) is 22.9 Å². The lowest BCUT2D eigenvalue weighted by Crippen LogP contribution is -2.31. The Morgan fingerprint density at radius 2 is 2.12 bits per heavy atom. The molecule has 1 aliphatic heterocycles. The average Bonchev–Trinajstić information content (AvgIpc) is 3.47. The van der Waals surface area contributed by atoms with E-state index in [1.807, 2.05) is 31.2 Å². The van der Waals surface area contributed by atoms with Crippen LogP contribution in [0.1, 0.15) is 32.6 Å². The molecule has 0 bridgehead atoms. The summed E-state index contributed by atoms with van der Waals surface area (Å²) in [4.78, 5) is 21.9. The van der Waals surface area contributed by atoms with Crippen molar-refractivity contribution >= 4 is 43.7 Å². The number of nitrogens with zero attached hydrogens (tertiary/aromatic N) is 3. The summed E-state index contributed by atoms with van der Waals surface area (Å²) in [6.07, 6.45) is 3.29. The van der Waals surface area contributed by atoms with Crippen molar-refractivity contribution in [1.82, 2.24) is 14.5 Å². The van der Waals surface area contributed by atoms with E-state index in [1.165, 1.54) is 11.3 Å². The maximum atomic E-state index is 12.5. The molecular weight excluding hydrogens is 452 g/mol. The number of hydrogen-bond acceptors (Lipinski definition) is 8. The molecule has 2 N–H and O–H groups in total. The van der Waals surface area contributed by atoms with Gasteiger partial charge in [-0.05, 0) is 50.8 Å². The van der Waals surface area contributed by atoms with E-state index in [4.69, 9.17) is 24.9 Å². The summed E-state index contributed by atoms with van der Waals surface area (Å²) in [5, 5.41) is 0.555. The van der Waals surface area contributed by atoms with Crippen LogP contribution in [-0.4, -0.2) is 39.8 Å². The molecule has 3 heterocycles. The molecule has 1 fully saturated rings. The van der Waals surface area contributed by atoms with Gasteiger partial charge < -0.3 is 24.5 Å². The van der Waals surface area contributed by atoms with E-state index in [2.05, 4.69) is 15.6 Å². The molecule has 9 heteroatoms. The topological polar surface area (TPSA) is 101 Å². The van der Waals surface area contributed by atoms with Crippen LogP contribution in [0.15, 0.2) is 30.3 Å². The number of aryl methyl sites for hydroxylation is 1. The summed E-state index contributed by atoms with van der Waals surface area (Å²) in [6.45, 7) is 3.63. The van der Waals surface area contributed by atoms with Crippen LogP contribution in [0.5, 0.6) is 11.5 Å². The number of anilines is 1. The summed E-state index contributed by atoms with van der Waals surface area (Å²) in [7, 11) is 0. The van der Waals surface area contributed by atoms with E-state index in [0.717, 1.165) is 70.6 Å². The van der Waals surface area contributed by atoms with Crippen molar-refractivity contribution in [2.24, 2.45) is 5.92 Å². The highest BCUT2D eigenvalue weighted by atomic mass is 32.1. The maximum Gasteiger partial charge on any atom is 0.347 e. The Labute approximate surface area is 200 Å². The van der Waals surface area contributed by atoms with E-state index in [1.54, 1.807) is 0 Å². The van der Waals surface area contributed by atoms with Crippen LogP contribution in [0.4, 0.5) is 5.13 Å². The number of carbonyl (C=O) groups is 1. The van der Waals surface area contributed by atoms with E-state index in [-0.39, 0.29) is 11.9 Å². The summed E-state index contributed by atoms with van der Waals surface area (Å²) in [5.74, 6) is 2.07. The zero-order valence-corrected chi connectivity index (χ0v) is 19.8. The van der Waals surface area contributed by atoms with Gasteiger partial charge in [-0.1, -0.05) is 11.3 Å². The monoisotopic (exact) mass is 478 g/mol. The molecule has 2 aromatic carbocycles.